The number of amides is 1. The summed E-state index contributed by atoms with van der Waals surface area (Å²) in [4.78, 5) is 11.8. The number of hydrogen-bond acceptors (Lipinski definition) is 3. The van der Waals surface area contributed by atoms with Crippen molar-refractivity contribution in [1.29, 1.82) is 0 Å². The number of halogens is 1. The zero-order chi connectivity index (χ0) is 13.7. The van der Waals surface area contributed by atoms with E-state index < -0.39 is 6.04 Å². The Balaban J connectivity index is 2.68. The number of carbonyl (C=O) groups excluding carboxylic acids is 1. The second-order valence-electron chi connectivity index (χ2n) is 4.44. The highest BCUT2D eigenvalue weighted by Crippen LogP contribution is 2.22. The zero-order valence-electron chi connectivity index (χ0n) is 10.9. The van der Waals surface area contributed by atoms with Crippen LogP contribution >= 0.6 is 15.9 Å². The first-order valence-electron chi connectivity index (χ1n) is 5.81. The molecule has 100 valence electrons. The SMILES string of the molecule is COc1ccc(Br)cc1CNC(=O)[C@@H](N)C(C)C. The van der Waals surface area contributed by atoms with Crippen LogP contribution in [0.15, 0.2) is 22.7 Å². The van der Waals surface area contributed by atoms with Crippen LogP contribution < -0.4 is 15.8 Å². The van der Waals surface area contributed by atoms with Crippen LogP contribution in [0.3, 0.4) is 0 Å². The molecule has 1 aromatic carbocycles. The third kappa shape index (κ3) is 3.99. The van der Waals surface area contributed by atoms with Gasteiger partial charge in [-0.2, -0.15) is 0 Å². The fourth-order valence-corrected chi connectivity index (χ4v) is 1.90. The molecule has 0 bridgehead atoms. The van der Waals surface area contributed by atoms with Crippen molar-refractivity contribution >= 4 is 21.8 Å². The van der Waals surface area contributed by atoms with Crippen LogP contribution in [0, 0.1) is 5.92 Å². The number of ether oxygens (including phenoxy) is 1. The van der Waals surface area contributed by atoms with Gasteiger partial charge >= 0.3 is 0 Å². The van der Waals surface area contributed by atoms with Gasteiger partial charge in [0.2, 0.25) is 5.91 Å². The van der Waals surface area contributed by atoms with Crippen LogP contribution in [0.2, 0.25) is 0 Å². The Kier molecular flexibility index (Phi) is 5.62. The Morgan fingerprint density at radius 1 is 1.50 bits per heavy atom. The molecule has 5 heteroatoms. The molecule has 0 unspecified atom stereocenters. The average molecular weight is 315 g/mol. The van der Waals surface area contributed by atoms with Gasteiger partial charge in [0, 0.05) is 16.6 Å². The third-order valence-electron chi connectivity index (χ3n) is 2.72. The largest absolute Gasteiger partial charge is 0.496 e. The van der Waals surface area contributed by atoms with Crippen LogP contribution in [-0.4, -0.2) is 19.1 Å². The fourth-order valence-electron chi connectivity index (χ4n) is 1.49. The highest BCUT2D eigenvalue weighted by Gasteiger charge is 2.17. The number of methoxy groups -OCH3 is 1. The number of nitrogens with two attached hydrogens (primary N) is 1. The van der Waals surface area contributed by atoms with Gasteiger partial charge in [0.15, 0.2) is 0 Å². The predicted molar refractivity (Wildman–Crippen MR) is 75.4 cm³/mol. The lowest BCUT2D eigenvalue weighted by Gasteiger charge is -2.16. The van der Waals surface area contributed by atoms with Crippen molar-refractivity contribution in [3.8, 4) is 5.75 Å². The van der Waals surface area contributed by atoms with Crippen molar-refractivity contribution in [1.82, 2.24) is 5.32 Å². The average Bonchev–Trinajstić information content (AvgIpc) is 2.35. The smallest absolute Gasteiger partial charge is 0.237 e. The Bertz CT molecular complexity index is 421. The van der Waals surface area contributed by atoms with Crippen molar-refractivity contribution in [3.63, 3.8) is 0 Å². The maximum atomic E-state index is 11.8. The van der Waals surface area contributed by atoms with E-state index in [1.165, 1.54) is 0 Å². The lowest BCUT2D eigenvalue weighted by Crippen LogP contribution is -2.43. The summed E-state index contributed by atoms with van der Waals surface area (Å²) < 4.78 is 6.18. The molecule has 4 nitrogen and oxygen atoms in total. The van der Waals surface area contributed by atoms with E-state index in [0.717, 1.165) is 15.8 Å². The van der Waals surface area contributed by atoms with E-state index in [4.69, 9.17) is 10.5 Å². The molecule has 0 heterocycles. The van der Waals surface area contributed by atoms with Crippen LogP contribution in [0.1, 0.15) is 19.4 Å². The van der Waals surface area contributed by atoms with E-state index in [1.807, 2.05) is 32.0 Å². The van der Waals surface area contributed by atoms with Gasteiger partial charge in [-0.15, -0.1) is 0 Å². The van der Waals surface area contributed by atoms with E-state index in [1.54, 1.807) is 7.11 Å². The first-order valence-corrected chi connectivity index (χ1v) is 6.60. The summed E-state index contributed by atoms with van der Waals surface area (Å²) in [5.74, 6) is 0.720. The number of rotatable bonds is 5. The van der Waals surface area contributed by atoms with Crippen molar-refractivity contribution in [2.45, 2.75) is 26.4 Å². The summed E-state index contributed by atoms with van der Waals surface area (Å²) in [5, 5.41) is 2.82. The molecule has 18 heavy (non-hydrogen) atoms. The minimum absolute atomic E-state index is 0.120. The molecule has 0 aliphatic heterocycles. The molecule has 0 aliphatic carbocycles. The number of carbonyl (C=O) groups is 1. The van der Waals surface area contributed by atoms with Crippen molar-refractivity contribution in [3.05, 3.63) is 28.2 Å². The zero-order valence-corrected chi connectivity index (χ0v) is 12.5. The van der Waals surface area contributed by atoms with Gasteiger partial charge in [-0.1, -0.05) is 29.8 Å². The molecule has 1 aromatic rings. The molecular weight excluding hydrogens is 296 g/mol. The minimum atomic E-state index is -0.483. The van der Waals surface area contributed by atoms with Gasteiger partial charge in [0.05, 0.1) is 13.2 Å². The number of nitrogens with one attached hydrogen (secondary N) is 1. The second-order valence-corrected chi connectivity index (χ2v) is 5.36. The van der Waals surface area contributed by atoms with Crippen molar-refractivity contribution < 1.29 is 9.53 Å². The molecule has 1 amide bonds. The fraction of sp³-hybridized carbons (Fsp3) is 0.462. The van der Waals surface area contributed by atoms with Gasteiger partial charge in [-0.25, -0.2) is 0 Å². The summed E-state index contributed by atoms with van der Waals surface area (Å²) >= 11 is 3.39. The first kappa shape index (κ1) is 15.0. The molecule has 0 radical (unpaired) electrons. The summed E-state index contributed by atoms with van der Waals surface area (Å²) in [6.07, 6.45) is 0. The highest BCUT2D eigenvalue weighted by atomic mass is 79.9. The van der Waals surface area contributed by atoms with Crippen LogP contribution in [0.5, 0.6) is 5.75 Å². The van der Waals surface area contributed by atoms with Crippen LogP contribution in [0.25, 0.3) is 0 Å². The lowest BCUT2D eigenvalue weighted by molar-refractivity contribution is -0.123. The third-order valence-corrected chi connectivity index (χ3v) is 3.21. The van der Waals surface area contributed by atoms with E-state index in [0.29, 0.717) is 6.54 Å². The van der Waals surface area contributed by atoms with Gasteiger partial charge < -0.3 is 15.8 Å². The molecule has 0 aromatic heterocycles. The number of hydrogen-bond donors (Lipinski definition) is 2. The summed E-state index contributed by atoms with van der Waals surface area (Å²) in [6, 6.07) is 5.18. The maximum absolute atomic E-state index is 11.8. The van der Waals surface area contributed by atoms with Gasteiger partial charge in [0.1, 0.15) is 5.75 Å². The molecule has 0 saturated carbocycles. The first-order chi connectivity index (χ1) is 8.45. The summed E-state index contributed by atoms with van der Waals surface area (Å²) in [7, 11) is 1.61. The molecule has 0 aliphatic rings. The predicted octanol–water partition coefficient (Wildman–Crippen LogP) is 2.06. The molecular formula is C13H19BrN2O2. The minimum Gasteiger partial charge on any atom is -0.496 e. The Morgan fingerprint density at radius 2 is 2.17 bits per heavy atom. The van der Waals surface area contributed by atoms with E-state index in [9.17, 15) is 4.79 Å². The Hall–Kier alpha value is -1.07. The quantitative estimate of drug-likeness (QED) is 0.874. The Morgan fingerprint density at radius 3 is 2.72 bits per heavy atom. The molecule has 0 fully saturated rings. The molecule has 1 atom stereocenters. The van der Waals surface area contributed by atoms with Gasteiger partial charge in [-0.05, 0) is 24.1 Å². The van der Waals surface area contributed by atoms with Gasteiger partial charge in [0.25, 0.3) is 0 Å². The number of benzene rings is 1. The summed E-state index contributed by atoms with van der Waals surface area (Å²) in [5.41, 5.74) is 6.69. The van der Waals surface area contributed by atoms with E-state index in [-0.39, 0.29) is 11.8 Å². The normalized spacial score (nSPS) is 12.3. The molecule has 0 saturated heterocycles. The maximum Gasteiger partial charge on any atom is 0.237 e. The highest BCUT2D eigenvalue weighted by molar-refractivity contribution is 9.10. The lowest BCUT2D eigenvalue weighted by atomic mass is 10.0. The molecule has 1 rings (SSSR count). The second kappa shape index (κ2) is 6.75. The van der Waals surface area contributed by atoms with Crippen molar-refractivity contribution in [2.75, 3.05) is 7.11 Å². The monoisotopic (exact) mass is 314 g/mol. The Labute approximate surface area is 116 Å². The van der Waals surface area contributed by atoms with Gasteiger partial charge in [-0.3, -0.25) is 4.79 Å². The summed E-state index contributed by atoms with van der Waals surface area (Å²) in [6.45, 7) is 4.25. The van der Waals surface area contributed by atoms with E-state index in [2.05, 4.69) is 21.2 Å². The topological polar surface area (TPSA) is 64.3 Å². The molecule has 3 N–H and O–H groups in total. The van der Waals surface area contributed by atoms with Crippen LogP contribution in [0.4, 0.5) is 0 Å². The molecule has 0 spiro atoms. The van der Waals surface area contributed by atoms with Crippen molar-refractivity contribution in [2.24, 2.45) is 11.7 Å². The van der Waals surface area contributed by atoms with Crippen LogP contribution in [-0.2, 0) is 11.3 Å². The van der Waals surface area contributed by atoms with E-state index >= 15 is 0 Å². The standard InChI is InChI=1S/C13H19BrN2O2/c1-8(2)12(15)13(17)16-7-9-6-10(14)4-5-11(9)18-3/h4-6,8,12H,7,15H2,1-3H3,(H,16,17)/t12-/m0/s1.